The van der Waals surface area contributed by atoms with Gasteiger partial charge in [0, 0.05) is 23.3 Å². The number of anilines is 1. The van der Waals surface area contributed by atoms with Gasteiger partial charge in [-0.1, -0.05) is 6.07 Å². The lowest BCUT2D eigenvalue weighted by atomic mass is 9.85. The summed E-state index contributed by atoms with van der Waals surface area (Å²) in [6.07, 6.45) is -0.773. The number of pyridine rings is 1. The number of fused-ring (bicyclic) bond motifs is 1. The fourth-order valence-corrected chi connectivity index (χ4v) is 3.01. The molecule has 1 aliphatic carbocycles. The van der Waals surface area contributed by atoms with Crippen molar-refractivity contribution < 1.29 is 13.2 Å². The third kappa shape index (κ3) is 3.12. The molecule has 1 saturated carbocycles. The number of aromatic nitrogens is 1. The van der Waals surface area contributed by atoms with Crippen LogP contribution in [0.3, 0.4) is 0 Å². The van der Waals surface area contributed by atoms with Gasteiger partial charge in [0.2, 0.25) is 0 Å². The summed E-state index contributed by atoms with van der Waals surface area (Å²) >= 11 is 0. The predicted molar refractivity (Wildman–Crippen MR) is 77.2 cm³/mol. The van der Waals surface area contributed by atoms with Crippen molar-refractivity contribution in [2.24, 2.45) is 5.92 Å². The van der Waals surface area contributed by atoms with Crippen LogP contribution < -0.4 is 5.32 Å². The van der Waals surface area contributed by atoms with Crippen LogP contribution in [-0.4, -0.2) is 17.2 Å². The Balaban J connectivity index is 1.70. The van der Waals surface area contributed by atoms with E-state index in [1.807, 2.05) is 30.3 Å². The Morgan fingerprint density at radius 3 is 2.48 bits per heavy atom. The maximum absolute atomic E-state index is 12.7. The van der Waals surface area contributed by atoms with E-state index in [4.69, 9.17) is 0 Å². The molecule has 112 valence electrons. The zero-order valence-electron chi connectivity index (χ0n) is 11.5. The molecule has 0 radical (unpaired) electrons. The molecular weight excluding hydrogens is 277 g/mol. The Hall–Kier alpha value is -1.78. The van der Waals surface area contributed by atoms with Crippen LogP contribution in [-0.2, 0) is 0 Å². The Morgan fingerprint density at radius 2 is 1.76 bits per heavy atom. The minimum Gasteiger partial charge on any atom is -0.382 e. The highest BCUT2D eigenvalue weighted by atomic mass is 19.4. The van der Waals surface area contributed by atoms with Crippen LogP contribution >= 0.6 is 0 Å². The number of benzene rings is 1. The van der Waals surface area contributed by atoms with Crippen LogP contribution in [0.1, 0.15) is 25.7 Å². The van der Waals surface area contributed by atoms with Gasteiger partial charge in [0.15, 0.2) is 0 Å². The Morgan fingerprint density at radius 1 is 1.00 bits per heavy atom. The molecule has 0 atom stereocenters. The maximum Gasteiger partial charge on any atom is 0.391 e. The lowest BCUT2D eigenvalue weighted by molar-refractivity contribution is -0.182. The molecule has 1 N–H and O–H groups in total. The van der Waals surface area contributed by atoms with E-state index >= 15 is 0 Å². The largest absolute Gasteiger partial charge is 0.391 e. The SMILES string of the molecule is FC(F)(F)C1CCC(Nc2cccc3ncccc23)CC1. The first kappa shape index (κ1) is 14.2. The summed E-state index contributed by atoms with van der Waals surface area (Å²) in [7, 11) is 0. The first-order valence-corrected chi connectivity index (χ1v) is 7.21. The van der Waals surface area contributed by atoms with Gasteiger partial charge in [-0.05, 0) is 49.9 Å². The van der Waals surface area contributed by atoms with Gasteiger partial charge in [-0.3, -0.25) is 4.98 Å². The molecule has 1 aromatic heterocycles. The zero-order valence-corrected chi connectivity index (χ0v) is 11.5. The highest BCUT2D eigenvalue weighted by Gasteiger charge is 2.41. The van der Waals surface area contributed by atoms with Gasteiger partial charge in [0.05, 0.1) is 11.4 Å². The quantitative estimate of drug-likeness (QED) is 0.863. The Bertz CT molecular complexity index is 611. The van der Waals surface area contributed by atoms with Crippen molar-refractivity contribution in [2.75, 3.05) is 5.32 Å². The molecule has 0 aliphatic heterocycles. The normalized spacial score (nSPS) is 23.2. The molecular formula is C16H17F3N2. The molecule has 0 saturated heterocycles. The molecule has 0 bridgehead atoms. The lowest BCUT2D eigenvalue weighted by Crippen LogP contribution is -2.32. The molecule has 1 aromatic carbocycles. The van der Waals surface area contributed by atoms with Crippen LogP contribution in [0.2, 0.25) is 0 Å². The van der Waals surface area contributed by atoms with Crippen molar-refractivity contribution in [2.45, 2.75) is 37.9 Å². The van der Waals surface area contributed by atoms with Crippen LogP contribution in [0, 0.1) is 5.92 Å². The van der Waals surface area contributed by atoms with Crippen molar-refractivity contribution in [3.05, 3.63) is 36.5 Å². The monoisotopic (exact) mass is 294 g/mol. The fraction of sp³-hybridized carbons (Fsp3) is 0.438. The molecule has 2 aromatic rings. The first-order valence-electron chi connectivity index (χ1n) is 7.21. The molecule has 1 heterocycles. The van der Waals surface area contributed by atoms with Gasteiger partial charge in [0.25, 0.3) is 0 Å². The summed E-state index contributed by atoms with van der Waals surface area (Å²) in [5, 5.41) is 4.40. The van der Waals surface area contributed by atoms with Crippen molar-refractivity contribution >= 4 is 16.6 Å². The minimum absolute atomic E-state index is 0.106. The van der Waals surface area contributed by atoms with Crippen molar-refractivity contribution in [1.29, 1.82) is 0 Å². The summed E-state index contributed by atoms with van der Waals surface area (Å²) in [5.74, 6) is -1.13. The highest BCUT2D eigenvalue weighted by Crippen LogP contribution is 2.38. The summed E-state index contributed by atoms with van der Waals surface area (Å²) in [5.41, 5.74) is 1.85. The topological polar surface area (TPSA) is 24.9 Å². The molecule has 5 heteroatoms. The zero-order chi connectivity index (χ0) is 14.9. The Kier molecular flexibility index (Phi) is 3.74. The fourth-order valence-electron chi connectivity index (χ4n) is 3.01. The van der Waals surface area contributed by atoms with E-state index in [2.05, 4.69) is 10.3 Å². The van der Waals surface area contributed by atoms with Crippen molar-refractivity contribution in [3.63, 3.8) is 0 Å². The third-order valence-electron chi connectivity index (χ3n) is 4.20. The number of hydrogen-bond acceptors (Lipinski definition) is 2. The molecule has 0 spiro atoms. The van der Waals surface area contributed by atoms with Crippen molar-refractivity contribution in [1.82, 2.24) is 4.98 Å². The molecule has 1 aliphatic rings. The number of nitrogens with one attached hydrogen (secondary N) is 1. The van der Waals surface area contributed by atoms with Gasteiger partial charge in [-0.2, -0.15) is 13.2 Å². The average Bonchev–Trinajstić information content (AvgIpc) is 2.47. The van der Waals surface area contributed by atoms with Gasteiger partial charge in [-0.25, -0.2) is 0 Å². The van der Waals surface area contributed by atoms with E-state index < -0.39 is 12.1 Å². The summed E-state index contributed by atoms with van der Waals surface area (Å²) < 4.78 is 38.0. The highest BCUT2D eigenvalue weighted by molar-refractivity contribution is 5.91. The number of rotatable bonds is 2. The first-order chi connectivity index (χ1) is 10.0. The van der Waals surface area contributed by atoms with E-state index in [1.54, 1.807) is 6.20 Å². The summed E-state index contributed by atoms with van der Waals surface area (Å²) in [6, 6.07) is 9.76. The second-order valence-corrected chi connectivity index (χ2v) is 5.61. The van der Waals surface area contributed by atoms with Crippen LogP contribution in [0.4, 0.5) is 18.9 Å². The van der Waals surface area contributed by atoms with Gasteiger partial charge in [0.1, 0.15) is 0 Å². The minimum atomic E-state index is -4.05. The number of nitrogens with zero attached hydrogens (tertiary/aromatic N) is 1. The summed E-state index contributed by atoms with van der Waals surface area (Å²) in [6.45, 7) is 0. The second-order valence-electron chi connectivity index (χ2n) is 5.61. The molecule has 3 rings (SSSR count). The molecule has 2 nitrogen and oxygen atoms in total. The molecule has 0 amide bonds. The van der Waals surface area contributed by atoms with Gasteiger partial charge >= 0.3 is 6.18 Å². The van der Waals surface area contributed by atoms with Crippen LogP contribution in [0.15, 0.2) is 36.5 Å². The smallest absolute Gasteiger partial charge is 0.382 e. The Labute approximate surface area is 121 Å². The van der Waals surface area contributed by atoms with Crippen LogP contribution in [0.25, 0.3) is 10.9 Å². The second kappa shape index (κ2) is 5.54. The number of alkyl halides is 3. The predicted octanol–water partition coefficient (Wildman–Crippen LogP) is 4.77. The van der Waals surface area contributed by atoms with E-state index in [9.17, 15) is 13.2 Å². The number of hydrogen-bond donors (Lipinski definition) is 1. The van der Waals surface area contributed by atoms with E-state index in [1.165, 1.54) is 0 Å². The standard InChI is InChI=1S/C16H17F3N2/c17-16(18,19)11-6-8-12(9-7-11)21-15-5-1-4-14-13(15)3-2-10-20-14/h1-5,10-12,21H,6-9H2. The average molecular weight is 294 g/mol. The van der Waals surface area contributed by atoms with E-state index in [0.717, 1.165) is 16.6 Å². The number of halogens is 3. The van der Waals surface area contributed by atoms with Crippen molar-refractivity contribution in [3.8, 4) is 0 Å². The van der Waals surface area contributed by atoms with Gasteiger partial charge < -0.3 is 5.32 Å². The van der Waals surface area contributed by atoms with Crippen LogP contribution in [0.5, 0.6) is 0 Å². The molecule has 1 fully saturated rings. The maximum atomic E-state index is 12.7. The van der Waals surface area contributed by atoms with E-state index in [0.29, 0.717) is 12.8 Å². The van der Waals surface area contributed by atoms with Gasteiger partial charge in [-0.15, -0.1) is 0 Å². The third-order valence-corrected chi connectivity index (χ3v) is 4.20. The molecule has 0 unspecified atom stereocenters. The summed E-state index contributed by atoms with van der Waals surface area (Å²) in [4.78, 5) is 4.29. The molecule has 21 heavy (non-hydrogen) atoms. The van der Waals surface area contributed by atoms with E-state index in [-0.39, 0.29) is 18.9 Å². The lowest BCUT2D eigenvalue weighted by Gasteiger charge is -2.31.